The molecule has 4 nitrogen and oxygen atoms in total. The van der Waals surface area contributed by atoms with Crippen LogP contribution in [0.4, 0.5) is 4.39 Å². The average Bonchev–Trinajstić information content (AvgIpc) is 2.89. The predicted molar refractivity (Wildman–Crippen MR) is 88.5 cm³/mol. The van der Waals surface area contributed by atoms with Crippen LogP contribution in [-0.2, 0) is 19.4 Å². The lowest BCUT2D eigenvalue weighted by atomic mass is 9.96. The highest BCUT2D eigenvalue weighted by Crippen LogP contribution is 2.34. The smallest absolute Gasteiger partial charge is 0.339 e. The third kappa shape index (κ3) is 2.97. The Balaban J connectivity index is 2.16. The third-order valence-electron chi connectivity index (χ3n) is 3.89. The van der Waals surface area contributed by atoms with E-state index in [0.717, 1.165) is 17.9 Å². The predicted octanol–water partition coefficient (Wildman–Crippen LogP) is 3.01. The van der Waals surface area contributed by atoms with E-state index in [0.29, 0.717) is 16.7 Å². The molecular weight excluding hydrogens is 331 g/mol. The van der Waals surface area contributed by atoms with Crippen LogP contribution in [0, 0.1) is 12.7 Å². The second kappa shape index (κ2) is 5.87. The number of halogens is 1. The first-order valence-corrected chi connectivity index (χ1v) is 9.14. The fourth-order valence-corrected chi connectivity index (χ4v) is 3.23. The zero-order valence-electron chi connectivity index (χ0n) is 13.2. The highest BCUT2D eigenvalue weighted by molar-refractivity contribution is 7.90. The number of hydrogen-bond donors (Lipinski definition) is 0. The number of hydrogen-bond acceptors (Lipinski definition) is 4. The van der Waals surface area contributed by atoms with Crippen LogP contribution < -0.4 is 0 Å². The first-order valence-electron chi connectivity index (χ1n) is 7.24. The lowest BCUT2D eigenvalue weighted by Gasteiger charge is -2.08. The maximum absolute atomic E-state index is 14.4. The Morgan fingerprint density at radius 3 is 2.33 bits per heavy atom. The number of ether oxygens (including phenoxy) is 1. The molecule has 0 unspecified atom stereocenters. The van der Waals surface area contributed by atoms with Crippen LogP contribution in [0.3, 0.4) is 0 Å². The topological polar surface area (TPSA) is 60.4 Å². The molecule has 0 saturated heterocycles. The van der Waals surface area contributed by atoms with E-state index in [1.54, 1.807) is 12.1 Å². The summed E-state index contributed by atoms with van der Waals surface area (Å²) in [6.07, 6.45) is 1.01. The summed E-state index contributed by atoms with van der Waals surface area (Å²) < 4.78 is 42.6. The summed E-state index contributed by atoms with van der Waals surface area (Å²) in [7, 11) is -3.50. The maximum atomic E-state index is 14.4. The monoisotopic (exact) mass is 346 g/mol. The van der Waals surface area contributed by atoms with Crippen molar-refractivity contribution in [2.24, 2.45) is 0 Å². The van der Waals surface area contributed by atoms with Crippen LogP contribution in [0.15, 0.2) is 47.4 Å². The van der Waals surface area contributed by atoms with Crippen molar-refractivity contribution in [3.05, 3.63) is 65.0 Å². The van der Waals surface area contributed by atoms with E-state index >= 15 is 0 Å². The standard InChI is InChI=1S/C18H15FO4S/c1-11-3-5-12(6-4-11)17-15(10-23-18(17)20)14-8-7-13(9-16(14)19)24(2,21)22/h3-9H,10H2,1-2H3. The second-order valence-corrected chi connectivity index (χ2v) is 7.73. The molecule has 0 saturated carbocycles. The summed E-state index contributed by atoms with van der Waals surface area (Å²) in [5.74, 6) is -1.21. The van der Waals surface area contributed by atoms with E-state index in [1.807, 2.05) is 19.1 Å². The SMILES string of the molecule is Cc1ccc(C2=C(c3ccc(S(C)(=O)=O)cc3F)COC2=O)cc1. The fourth-order valence-electron chi connectivity index (χ4n) is 2.60. The second-order valence-electron chi connectivity index (χ2n) is 5.71. The Morgan fingerprint density at radius 2 is 1.75 bits per heavy atom. The molecule has 0 aromatic heterocycles. The first kappa shape index (κ1) is 16.4. The highest BCUT2D eigenvalue weighted by Gasteiger charge is 2.29. The molecule has 1 aliphatic heterocycles. The Morgan fingerprint density at radius 1 is 1.08 bits per heavy atom. The quantitative estimate of drug-likeness (QED) is 0.802. The van der Waals surface area contributed by atoms with Gasteiger partial charge in [0.1, 0.15) is 12.4 Å². The third-order valence-corrected chi connectivity index (χ3v) is 5.00. The van der Waals surface area contributed by atoms with Crippen molar-refractivity contribution in [2.45, 2.75) is 11.8 Å². The summed E-state index contributed by atoms with van der Waals surface area (Å²) >= 11 is 0. The zero-order valence-corrected chi connectivity index (χ0v) is 14.0. The summed E-state index contributed by atoms with van der Waals surface area (Å²) in [4.78, 5) is 12.0. The number of rotatable bonds is 3. The van der Waals surface area contributed by atoms with Gasteiger partial charge >= 0.3 is 5.97 Å². The van der Waals surface area contributed by atoms with Crippen molar-refractivity contribution >= 4 is 27.0 Å². The van der Waals surface area contributed by atoms with Crippen LogP contribution in [-0.4, -0.2) is 27.2 Å². The molecule has 0 radical (unpaired) electrons. The molecule has 24 heavy (non-hydrogen) atoms. The fraction of sp³-hybridized carbons (Fsp3) is 0.167. The molecule has 2 aromatic carbocycles. The number of esters is 1. The molecular formula is C18H15FO4S. The van der Waals surface area contributed by atoms with Crippen molar-refractivity contribution < 1.29 is 22.3 Å². The van der Waals surface area contributed by atoms with Crippen LogP contribution in [0.1, 0.15) is 16.7 Å². The minimum atomic E-state index is -3.50. The van der Waals surface area contributed by atoms with Crippen molar-refractivity contribution in [1.82, 2.24) is 0 Å². The Hall–Kier alpha value is -2.47. The highest BCUT2D eigenvalue weighted by atomic mass is 32.2. The van der Waals surface area contributed by atoms with Crippen molar-refractivity contribution in [3.63, 3.8) is 0 Å². The molecule has 0 N–H and O–H groups in total. The van der Waals surface area contributed by atoms with Crippen molar-refractivity contribution in [2.75, 3.05) is 12.9 Å². The van der Waals surface area contributed by atoms with Crippen molar-refractivity contribution in [1.29, 1.82) is 0 Å². The Kier molecular flexibility index (Phi) is 4.01. The van der Waals surface area contributed by atoms with E-state index in [-0.39, 0.29) is 17.1 Å². The van der Waals surface area contributed by atoms with Gasteiger partial charge in [-0.05, 0) is 24.6 Å². The van der Waals surface area contributed by atoms with Gasteiger partial charge in [0.2, 0.25) is 0 Å². The van der Waals surface area contributed by atoms with Gasteiger partial charge in [-0.3, -0.25) is 0 Å². The molecule has 2 aromatic rings. The maximum Gasteiger partial charge on any atom is 0.339 e. The molecule has 0 fully saturated rings. The molecule has 0 aliphatic carbocycles. The summed E-state index contributed by atoms with van der Waals surface area (Å²) in [5.41, 5.74) is 2.58. The molecule has 124 valence electrons. The normalized spacial score (nSPS) is 14.9. The largest absolute Gasteiger partial charge is 0.457 e. The van der Waals surface area contributed by atoms with Gasteiger partial charge in [-0.15, -0.1) is 0 Å². The van der Waals surface area contributed by atoms with Crippen molar-refractivity contribution in [3.8, 4) is 0 Å². The van der Waals surface area contributed by atoms with Crippen LogP contribution >= 0.6 is 0 Å². The van der Waals surface area contributed by atoms with E-state index in [2.05, 4.69) is 0 Å². The first-order chi connectivity index (χ1) is 11.3. The molecule has 6 heteroatoms. The van der Waals surface area contributed by atoms with Gasteiger partial charge in [0, 0.05) is 17.4 Å². The van der Waals surface area contributed by atoms with Crippen LogP contribution in [0.2, 0.25) is 0 Å². The number of benzene rings is 2. The summed E-state index contributed by atoms with van der Waals surface area (Å²) in [5, 5.41) is 0. The summed E-state index contributed by atoms with van der Waals surface area (Å²) in [6.45, 7) is 1.88. The number of carbonyl (C=O) groups excluding carboxylic acids is 1. The van der Waals surface area contributed by atoms with Gasteiger partial charge in [0.25, 0.3) is 0 Å². The number of cyclic esters (lactones) is 1. The van der Waals surface area contributed by atoms with Gasteiger partial charge < -0.3 is 4.74 Å². The molecule has 0 amide bonds. The van der Waals surface area contributed by atoms with Crippen LogP contribution in [0.5, 0.6) is 0 Å². The lowest BCUT2D eigenvalue weighted by molar-refractivity contribution is -0.133. The minimum Gasteiger partial charge on any atom is -0.457 e. The van der Waals surface area contributed by atoms with Gasteiger partial charge in [-0.1, -0.05) is 35.9 Å². The molecule has 3 rings (SSSR count). The minimum absolute atomic E-state index is 0.0445. The molecule has 0 bridgehead atoms. The van der Waals surface area contributed by atoms with E-state index < -0.39 is 21.6 Å². The van der Waals surface area contributed by atoms with Gasteiger partial charge in [0.05, 0.1) is 10.5 Å². The number of aryl methyl sites for hydroxylation is 1. The number of sulfone groups is 1. The van der Waals surface area contributed by atoms with E-state index in [9.17, 15) is 17.6 Å². The summed E-state index contributed by atoms with van der Waals surface area (Å²) in [6, 6.07) is 10.9. The van der Waals surface area contributed by atoms with E-state index in [4.69, 9.17) is 4.74 Å². The van der Waals surface area contributed by atoms with Gasteiger partial charge in [-0.2, -0.15) is 0 Å². The van der Waals surface area contributed by atoms with Crippen LogP contribution in [0.25, 0.3) is 11.1 Å². The number of carbonyl (C=O) groups is 1. The van der Waals surface area contributed by atoms with E-state index in [1.165, 1.54) is 12.1 Å². The Bertz CT molecular complexity index is 957. The molecule has 0 atom stereocenters. The zero-order chi connectivity index (χ0) is 17.5. The lowest BCUT2D eigenvalue weighted by Crippen LogP contribution is -2.01. The Labute approximate surface area is 139 Å². The van der Waals surface area contributed by atoms with Gasteiger partial charge in [0.15, 0.2) is 9.84 Å². The van der Waals surface area contributed by atoms with Gasteiger partial charge in [-0.25, -0.2) is 17.6 Å². The molecule has 1 heterocycles. The average molecular weight is 346 g/mol. The molecule has 0 spiro atoms. The molecule has 1 aliphatic rings.